The van der Waals surface area contributed by atoms with E-state index in [0.29, 0.717) is 17.7 Å². The number of oxime groups is 1. The Balaban J connectivity index is 3.00. The Kier molecular flexibility index (Phi) is 3.34. The van der Waals surface area contributed by atoms with E-state index in [1.807, 2.05) is 0 Å². The molecule has 0 bridgehead atoms. The number of hydrogen-bond donors (Lipinski definition) is 1. The summed E-state index contributed by atoms with van der Waals surface area (Å²) < 4.78 is 36.6. The summed E-state index contributed by atoms with van der Waals surface area (Å²) in [5.41, 5.74) is 0.149. The molecule has 0 radical (unpaired) electrons. The van der Waals surface area contributed by atoms with Gasteiger partial charge in [-0.05, 0) is 24.1 Å². The largest absolute Gasteiger partial charge is 0.416 e. The molecule has 1 aromatic carbocycles. The van der Waals surface area contributed by atoms with Crippen LogP contribution in [0.25, 0.3) is 0 Å². The lowest BCUT2D eigenvalue weighted by Gasteiger charge is -2.07. The maximum absolute atomic E-state index is 12.2. The molecule has 1 N–H and O–H groups in total. The molecule has 0 heterocycles. The second kappa shape index (κ2) is 4.33. The van der Waals surface area contributed by atoms with E-state index in [0.717, 1.165) is 12.1 Å². The van der Waals surface area contributed by atoms with Gasteiger partial charge in [0.05, 0.1) is 11.3 Å². The summed E-state index contributed by atoms with van der Waals surface area (Å²) in [7, 11) is 0. The Morgan fingerprint density at radius 2 is 1.80 bits per heavy atom. The first-order valence-corrected chi connectivity index (χ1v) is 4.37. The predicted octanol–water partition coefficient (Wildman–Crippen LogP) is 3.29. The summed E-state index contributed by atoms with van der Waals surface area (Å²) in [5, 5.41) is 11.6. The molecule has 0 aliphatic heterocycles. The predicted molar refractivity (Wildman–Crippen MR) is 50.1 cm³/mol. The monoisotopic (exact) mass is 217 g/mol. The van der Waals surface area contributed by atoms with Gasteiger partial charge in [-0.3, -0.25) is 0 Å². The Labute approximate surface area is 85.0 Å². The van der Waals surface area contributed by atoms with E-state index < -0.39 is 11.7 Å². The fourth-order valence-electron chi connectivity index (χ4n) is 1.18. The van der Waals surface area contributed by atoms with Crippen LogP contribution in [-0.2, 0) is 6.18 Å². The normalized spacial score (nSPS) is 12.9. The molecule has 2 nitrogen and oxygen atoms in total. The molecule has 1 aromatic rings. The van der Waals surface area contributed by atoms with E-state index in [1.54, 1.807) is 6.92 Å². The van der Waals surface area contributed by atoms with Crippen LogP contribution in [0.5, 0.6) is 0 Å². The number of halogens is 3. The summed E-state index contributed by atoms with van der Waals surface area (Å²) in [4.78, 5) is 0. The average Bonchev–Trinajstić information content (AvgIpc) is 2.19. The number of nitrogens with zero attached hydrogens (tertiary/aromatic N) is 1. The Morgan fingerprint density at radius 1 is 1.27 bits per heavy atom. The molecule has 0 unspecified atom stereocenters. The molecule has 5 heteroatoms. The maximum Gasteiger partial charge on any atom is 0.416 e. The van der Waals surface area contributed by atoms with Gasteiger partial charge in [-0.1, -0.05) is 24.2 Å². The third-order valence-electron chi connectivity index (χ3n) is 2.00. The first-order valence-electron chi connectivity index (χ1n) is 4.37. The zero-order chi connectivity index (χ0) is 11.5. The molecule has 82 valence electrons. The van der Waals surface area contributed by atoms with Gasteiger partial charge in [0.2, 0.25) is 0 Å². The van der Waals surface area contributed by atoms with Crippen LogP contribution in [0.4, 0.5) is 13.2 Å². The van der Waals surface area contributed by atoms with Crippen LogP contribution in [0.3, 0.4) is 0 Å². The fourth-order valence-corrected chi connectivity index (χ4v) is 1.18. The standard InChI is InChI=1S/C10H10F3NO/c1-2-9(14-15)7-3-5-8(6-4-7)10(11,12)13/h3-6,15H,2H2,1H3/b14-9-. The minimum atomic E-state index is -4.33. The second-order valence-electron chi connectivity index (χ2n) is 2.98. The van der Waals surface area contributed by atoms with Crippen molar-refractivity contribution in [3.8, 4) is 0 Å². The van der Waals surface area contributed by atoms with Crippen molar-refractivity contribution in [2.24, 2.45) is 5.16 Å². The number of alkyl halides is 3. The lowest BCUT2D eigenvalue weighted by atomic mass is 10.1. The van der Waals surface area contributed by atoms with Crippen molar-refractivity contribution in [3.05, 3.63) is 35.4 Å². The van der Waals surface area contributed by atoms with Gasteiger partial charge in [0.1, 0.15) is 0 Å². The molecule has 0 saturated heterocycles. The van der Waals surface area contributed by atoms with E-state index in [9.17, 15) is 13.2 Å². The van der Waals surface area contributed by atoms with Crippen molar-refractivity contribution in [2.75, 3.05) is 0 Å². The molecule has 0 aliphatic rings. The van der Waals surface area contributed by atoms with Crippen molar-refractivity contribution in [3.63, 3.8) is 0 Å². The topological polar surface area (TPSA) is 32.6 Å². The van der Waals surface area contributed by atoms with Crippen LogP contribution in [-0.4, -0.2) is 10.9 Å². The number of benzene rings is 1. The molecule has 0 aliphatic carbocycles. The molecule has 0 amide bonds. The SMILES string of the molecule is CC/C(=N/O)c1ccc(C(F)(F)F)cc1. The van der Waals surface area contributed by atoms with Crippen molar-refractivity contribution >= 4 is 5.71 Å². The van der Waals surface area contributed by atoms with Crippen LogP contribution in [0.2, 0.25) is 0 Å². The minimum Gasteiger partial charge on any atom is -0.411 e. The van der Waals surface area contributed by atoms with Gasteiger partial charge < -0.3 is 5.21 Å². The van der Waals surface area contributed by atoms with Crippen LogP contribution in [0.15, 0.2) is 29.4 Å². The van der Waals surface area contributed by atoms with E-state index in [1.165, 1.54) is 12.1 Å². The minimum absolute atomic E-state index is 0.365. The number of rotatable bonds is 2. The highest BCUT2D eigenvalue weighted by molar-refractivity contribution is 5.99. The van der Waals surface area contributed by atoms with Gasteiger partial charge >= 0.3 is 6.18 Å². The second-order valence-corrected chi connectivity index (χ2v) is 2.98. The van der Waals surface area contributed by atoms with Gasteiger partial charge in [-0.2, -0.15) is 13.2 Å². The zero-order valence-corrected chi connectivity index (χ0v) is 8.04. The van der Waals surface area contributed by atoms with E-state index in [-0.39, 0.29) is 0 Å². The van der Waals surface area contributed by atoms with E-state index in [4.69, 9.17) is 5.21 Å². The van der Waals surface area contributed by atoms with E-state index in [2.05, 4.69) is 5.16 Å². The van der Waals surface area contributed by atoms with Crippen LogP contribution in [0, 0.1) is 0 Å². The summed E-state index contributed by atoms with van der Waals surface area (Å²) in [5.74, 6) is 0. The van der Waals surface area contributed by atoms with Crippen LogP contribution in [0.1, 0.15) is 24.5 Å². The van der Waals surface area contributed by atoms with Crippen molar-refractivity contribution in [1.29, 1.82) is 0 Å². The quantitative estimate of drug-likeness (QED) is 0.460. The summed E-state index contributed by atoms with van der Waals surface area (Å²) >= 11 is 0. The third kappa shape index (κ3) is 2.71. The highest BCUT2D eigenvalue weighted by atomic mass is 19.4. The van der Waals surface area contributed by atoms with Gasteiger partial charge in [0.25, 0.3) is 0 Å². The molecule has 15 heavy (non-hydrogen) atoms. The third-order valence-corrected chi connectivity index (χ3v) is 2.00. The molecule has 1 rings (SSSR count). The molecule has 0 saturated carbocycles. The fraction of sp³-hybridized carbons (Fsp3) is 0.300. The Hall–Kier alpha value is -1.52. The molecular weight excluding hydrogens is 207 g/mol. The highest BCUT2D eigenvalue weighted by Crippen LogP contribution is 2.29. The average molecular weight is 217 g/mol. The molecule has 0 spiro atoms. The van der Waals surface area contributed by atoms with Gasteiger partial charge in [0.15, 0.2) is 0 Å². The Bertz CT molecular complexity index is 354. The molecular formula is C10H10F3NO. The summed E-state index contributed by atoms with van der Waals surface area (Å²) in [6.07, 6.45) is -3.87. The molecule has 0 fully saturated rings. The van der Waals surface area contributed by atoms with Gasteiger partial charge in [-0.15, -0.1) is 0 Å². The lowest BCUT2D eigenvalue weighted by Crippen LogP contribution is -2.06. The van der Waals surface area contributed by atoms with Crippen LogP contribution < -0.4 is 0 Å². The summed E-state index contributed by atoms with van der Waals surface area (Å²) in [6, 6.07) is 4.52. The van der Waals surface area contributed by atoms with E-state index >= 15 is 0 Å². The van der Waals surface area contributed by atoms with Crippen molar-refractivity contribution < 1.29 is 18.4 Å². The molecule has 0 aromatic heterocycles. The van der Waals surface area contributed by atoms with Gasteiger partial charge in [0, 0.05) is 0 Å². The summed E-state index contributed by atoms with van der Waals surface area (Å²) in [6.45, 7) is 1.76. The smallest absolute Gasteiger partial charge is 0.411 e. The first-order chi connectivity index (χ1) is 6.99. The Morgan fingerprint density at radius 3 is 2.13 bits per heavy atom. The van der Waals surface area contributed by atoms with Crippen LogP contribution >= 0.6 is 0 Å². The van der Waals surface area contributed by atoms with Gasteiger partial charge in [-0.25, -0.2) is 0 Å². The first kappa shape index (κ1) is 11.6. The maximum atomic E-state index is 12.2. The van der Waals surface area contributed by atoms with Crippen molar-refractivity contribution in [2.45, 2.75) is 19.5 Å². The zero-order valence-electron chi connectivity index (χ0n) is 8.04. The molecule has 0 atom stereocenters. The highest BCUT2D eigenvalue weighted by Gasteiger charge is 2.30. The number of hydrogen-bond acceptors (Lipinski definition) is 2. The lowest BCUT2D eigenvalue weighted by molar-refractivity contribution is -0.137. The van der Waals surface area contributed by atoms with Crippen molar-refractivity contribution in [1.82, 2.24) is 0 Å².